The molecular formula is C28H34F3N3O4. The molecule has 2 N–H and O–H groups in total. The summed E-state index contributed by atoms with van der Waals surface area (Å²) in [6.45, 7) is 7.42. The minimum absolute atomic E-state index is 0.0363. The number of aromatic nitrogens is 1. The number of nitrogens with one attached hydrogen (secondary N) is 1. The Hall–Kier alpha value is -3.43. The number of aryl methyl sites for hydroxylation is 2. The Morgan fingerprint density at radius 3 is 2.39 bits per heavy atom. The zero-order valence-corrected chi connectivity index (χ0v) is 22.0. The van der Waals surface area contributed by atoms with E-state index in [0.717, 1.165) is 22.3 Å². The minimum atomic E-state index is -4.47. The number of halogens is 3. The molecule has 10 heteroatoms. The summed E-state index contributed by atoms with van der Waals surface area (Å²) in [6, 6.07) is 5.68. The van der Waals surface area contributed by atoms with E-state index >= 15 is 0 Å². The van der Waals surface area contributed by atoms with E-state index in [-0.39, 0.29) is 25.3 Å². The average Bonchev–Trinajstić information content (AvgIpc) is 2.81. The lowest BCUT2D eigenvalue weighted by molar-refractivity contribution is -0.191. The Morgan fingerprint density at radius 1 is 1.18 bits per heavy atom. The van der Waals surface area contributed by atoms with E-state index in [1.165, 1.54) is 11.1 Å². The second-order valence-corrected chi connectivity index (χ2v) is 10.4. The van der Waals surface area contributed by atoms with Gasteiger partial charge in [-0.05, 0) is 60.9 Å². The van der Waals surface area contributed by atoms with Crippen LogP contribution in [0.15, 0.2) is 36.7 Å². The van der Waals surface area contributed by atoms with Crippen LogP contribution in [0.25, 0.3) is 11.1 Å². The number of rotatable bonds is 9. The topological polar surface area (TPSA) is 99.6 Å². The highest BCUT2D eigenvalue weighted by Gasteiger charge is 2.46. The highest BCUT2D eigenvalue weighted by molar-refractivity contribution is 5.88. The van der Waals surface area contributed by atoms with Crippen LogP contribution >= 0.6 is 0 Å². The van der Waals surface area contributed by atoms with Crippen LogP contribution in [0, 0.1) is 25.7 Å². The molecule has 1 fully saturated rings. The molecule has 1 aliphatic rings. The van der Waals surface area contributed by atoms with E-state index in [4.69, 9.17) is 0 Å². The molecular weight excluding hydrogens is 499 g/mol. The molecule has 0 aliphatic carbocycles. The molecule has 0 bridgehead atoms. The summed E-state index contributed by atoms with van der Waals surface area (Å²) in [5.74, 6) is -4.23. The van der Waals surface area contributed by atoms with Crippen molar-refractivity contribution in [3.8, 4) is 11.1 Å². The van der Waals surface area contributed by atoms with Gasteiger partial charge in [0.15, 0.2) is 0 Å². The van der Waals surface area contributed by atoms with Crippen molar-refractivity contribution in [3.05, 3.63) is 53.3 Å². The van der Waals surface area contributed by atoms with Crippen LogP contribution in [0.1, 0.15) is 62.3 Å². The maximum Gasteiger partial charge on any atom is 0.392 e. The molecule has 206 valence electrons. The number of hydrogen-bond acceptors (Lipinski definition) is 4. The summed E-state index contributed by atoms with van der Waals surface area (Å²) in [5.41, 5.74) is 4.23. The standard InChI is InChI=1S/C28H34F3N3O4/c1-16(2)10-23(34-9-8-21(12-24(34)35)28(29,30)31)27(38)33-22(13-25(36)37)19-11-20(15-32-14-19)26-17(3)6-5-7-18(26)4/h5-7,11,14-16,21-23H,8-10,12-13H2,1-4H3,(H,33,38)(H,36,37)/t21-,22+,23+/m1/s1. The first kappa shape index (κ1) is 29.1. The van der Waals surface area contributed by atoms with Gasteiger partial charge in [-0.1, -0.05) is 32.0 Å². The van der Waals surface area contributed by atoms with Gasteiger partial charge in [-0.3, -0.25) is 19.4 Å². The Bertz CT molecular complexity index is 1160. The fourth-order valence-corrected chi connectivity index (χ4v) is 5.03. The van der Waals surface area contributed by atoms with Crippen molar-refractivity contribution in [2.24, 2.45) is 11.8 Å². The molecule has 2 heterocycles. The van der Waals surface area contributed by atoms with Gasteiger partial charge in [0.05, 0.1) is 18.4 Å². The van der Waals surface area contributed by atoms with Gasteiger partial charge >= 0.3 is 12.1 Å². The number of nitrogens with zero attached hydrogens (tertiary/aromatic N) is 2. The number of carboxylic acids is 1. The van der Waals surface area contributed by atoms with Crippen LogP contribution in [0.4, 0.5) is 13.2 Å². The lowest BCUT2D eigenvalue weighted by Gasteiger charge is -2.38. The Labute approximate surface area is 220 Å². The van der Waals surface area contributed by atoms with Crippen LogP contribution < -0.4 is 5.32 Å². The number of aliphatic carboxylic acids is 1. The molecule has 0 radical (unpaired) electrons. The van der Waals surface area contributed by atoms with Gasteiger partial charge in [0, 0.05) is 30.9 Å². The molecule has 0 spiro atoms. The summed E-state index contributed by atoms with van der Waals surface area (Å²) in [7, 11) is 0. The van der Waals surface area contributed by atoms with Crippen LogP contribution in [-0.4, -0.2) is 51.5 Å². The van der Waals surface area contributed by atoms with Crippen molar-refractivity contribution in [3.63, 3.8) is 0 Å². The molecule has 2 amide bonds. The molecule has 3 rings (SSSR count). The second kappa shape index (κ2) is 12.0. The average molecular weight is 534 g/mol. The number of carbonyl (C=O) groups is 3. The third-order valence-corrected chi connectivity index (χ3v) is 6.92. The smallest absolute Gasteiger partial charge is 0.392 e. The van der Waals surface area contributed by atoms with Gasteiger partial charge in [-0.25, -0.2) is 0 Å². The molecule has 1 saturated heterocycles. The van der Waals surface area contributed by atoms with Gasteiger partial charge < -0.3 is 15.3 Å². The van der Waals surface area contributed by atoms with Crippen molar-refractivity contribution < 1.29 is 32.7 Å². The summed E-state index contributed by atoms with van der Waals surface area (Å²) >= 11 is 0. The molecule has 1 aliphatic heterocycles. The van der Waals surface area contributed by atoms with Crippen LogP contribution in [0.3, 0.4) is 0 Å². The van der Waals surface area contributed by atoms with Gasteiger partial charge in [0.2, 0.25) is 11.8 Å². The van der Waals surface area contributed by atoms with Crippen molar-refractivity contribution >= 4 is 17.8 Å². The molecule has 0 unspecified atom stereocenters. The highest BCUT2D eigenvalue weighted by Crippen LogP contribution is 2.36. The number of carboxylic acid groups (broad SMARTS) is 1. The number of amides is 2. The Morgan fingerprint density at radius 2 is 1.84 bits per heavy atom. The first-order chi connectivity index (χ1) is 17.8. The quantitative estimate of drug-likeness (QED) is 0.461. The number of pyridine rings is 1. The fourth-order valence-electron chi connectivity index (χ4n) is 5.03. The third kappa shape index (κ3) is 7.11. The largest absolute Gasteiger partial charge is 0.481 e. The third-order valence-electron chi connectivity index (χ3n) is 6.92. The van der Waals surface area contributed by atoms with E-state index < -0.39 is 54.8 Å². The first-order valence-corrected chi connectivity index (χ1v) is 12.7. The zero-order chi connectivity index (χ0) is 28.2. The SMILES string of the molecule is Cc1cccc(C)c1-c1cncc([C@H](CC(=O)O)NC(=O)[C@H](CC(C)C)N2CC[C@@H](C(F)(F)F)CC2=O)c1. The predicted octanol–water partition coefficient (Wildman–Crippen LogP) is 5.21. The van der Waals surface area contributed by atoms with Gasteiger partial charge in [-0.15, -0.1) is 0 Å². The number of alkyl halides is 3. The second-order valence-electron chi connectivity index (χ2n) is 10.4. The van der Waals surface area contributed by atoms with Crippen molar-refractivity contribution in [1.82, 2.24) is 15.2 Å². The van der Waals surface area contributed by atoms with E-state index in [9.17, 15) is 32.7 Å². The van der Waals surface area contributed by atoms with Gasteiger partial charge in [0.1, 0.15) is 6.04 Å². The van der Waals surface area contributed by atoms with E-state index in [0.29, 0.717) is 5.56 Å². The first-order valence-electron chi connectivity index (χ1n) is 12.7. The Kier molecular flexibility index (Phi) is 9.17. The van der Waals surface area contributed by atoms with E-state index in [1.807, 2.05) is 45.9 Å². The number of hydrogen-bond donors (Lipinski definition) is 2. The summed E-state index contributed by atoms with van der Waals surface area (Å²) in [6.07, 6.45) is -2.50. The molecule has 38 heavy (non-hydrogen) atoms. The summed E-state index contributed by atoms with van der Waals surface area (Å²) in [4.78, 5) is 43.4. The number of carbonyl (C=O) groups excluding carboxylic acids is 2. The van der Waals surface area contributed by atoms with Gasteiger partial charge in [0.25, 0.3) is 0 Å². The maximum absolute atomic E-state index is 13.5. The molecule has 7 nitrogen and oxygen atoms in total. The molecule has 3 atom stereocenters. The van der Waals surface area contributed by atoms with Crippen LogP contribution in [-0.2, 0) is 14.4 Å². The lowest BCUT2D eigenvalue weighted by atomic mass is 9.92. The van der Waals surface area contributed by atoms with E-state index in [1.54, 1.807) is 12.3 Å². The predicted molar refractivity (Wildman–Crippen MR) is 136 cm³/mol. The molecule has 0 saturated carbocycles. The van der Waals surface area contributed by atoms with Crippen LogP contribution in [0.2, 0.25) is 0 Å². The number of likely N-dealkylation sites (tertiary alicyclic amines) is 1. The fraction of sp³-hybridized carbons (Fsp3) is 0.500. The monoisotopic (exact) mass is 533 g/mol. The van der Waals surface area contributed by atoms with E-state index in [2.05, 4.69) is 10.3 Å². The molecule has 1 aromatic heterocycles. The zero-order valence-electron chi connectivity index (χ0n) is 22.0. The number of piperidine rings is 1. The maximum atomic E-state index is 13.5. The van der Waals surface area contributed by atoms with Crippen LogP contribution in [0.5, 0.6) is 0 Å². The molecule has 1 aromatic carbocycles. The normalized spacial score (nSPS) is 17.8. The van der Waals surface area contributed by atoms with Gasteiger partial charge in [-0.2, -0.15) is 13.2 Å². The Balaban J connectivity index is 1.89. The van der Waals surface area contributed by atoms with Crippen molar-refractivity contribution in [2.75, 3.05) is 6.54 Å². The highest BCUT2D eigenvalue weighted by atomic mass is 19.4. The number of benzene rings is 1. The lowest BCUT2D eigenvalue weighted by Crippen LogP contribution is -2.54. The summed E-state index contributed by atoms with van der Waals surface area (Å²) < 4.78 is 39.6. The van der Waals surface area contributed by atoms with Crippen molar-refractivity contribution in [1.29, 1.82) is 0 Å². The van der Waals surface area contributed by atoms with Crippen molar-refractivity contribution in [2.45, 2.75) is 71.6 Å². The minimum Gasteiger partial charge on any atom is -0.481 e. The summed E-state index contributed by atoms with van der Waals surface area (Å²) in [5, 5.41) is 12.3. The molecule has 2 aromatic rings.